The molecule has 3 nitrogen and oxygen atoms in total. The number of hydrogen-bond donors (Lipinski definition) is 0. The third-order valence-corrected chi connectivity index (χ3v) is 5.16. The number of hydrogen-bond acceptors (Lipinski definition) is 2. The van der Waals surface area contributed by atoms with Crippen LogP contribution in [0.2, 0.25) is 0 Å². The molecule has 1 spiro atoms. The predicted molar refractivity (Wildman–Crippen MR) is 91.4 cm³/mol. The molecule has 1 fully saturated rings. The van der Waals surface area contributed by atoms with Gasteiger partial charge < -0.3 is 0 Å². The van der Waals surface area contributed by atoms with Gasteiger partial charge in [-0.1, -0.05) is 67.4 Å². The molecule has 1 heterocycles. The fourth-order valence-electron chi connectivity index (χ4n) is 4.05. The van der Waals surface area contributed by atoms with Crippen molar-refractivity contribution in [3.63, 3.8) is 0 Å². The summed E-state index contributed by atoms with van der Waals surface area (Å²) >= 11 is 0. The van der Waals surface area contributed by atoms with Gasteiger partial charge >= 0.3 is 0 Å². The van der Waals surface area contributed by atoms with E-state index in [4.69, 9.17) is 0 Å². The van der Waals surface area contributed by atoms with Gasteiger partial charge in [-0.3, -0.25) is 4.79 Å². The quantitative estimate of drug-likeness (QED) is 0.790. The van der Waals surface area contributed by atoms with Crippen LogP contribution in [0.4, 0.5) is 0 Å². The summed E-state index contributed by atoms with van der Waals surface area (Å²) < 4.78 is 0. The number of amides is 1. The summed E-state index contributed by atoms with van der Waals surface area (Å²) in [6.45, 7) is 0. The first kappa shape index (κ1) is 14.2. The summed E-state index contributed by atoms with van der Waals surface area (Å²) in [5.41, 5.74) is 3.79. The lowest BCUT2D eigenvalue weighted by molar-refractivity contribution is -0.135. The summed E-state index contributed by atoms with van der Waals surface area (Å²) in [6, 6.07) is 18.4. The van der Waals surface area contributed by atoms with Gasteiger partial charge in [0.15, 0.2) is 0 Å². The van der Waals surface area contributed by atoms with Gasteiger partial charge in [-0.2, -0.15) is 5.10 Å². The van der Waals surface area contributed by atoms with Gasteiger partial charge in [0, 0.05) is 18.2 Å². The van der Waals surface area contributed by atoms with E-state index >= 15 is 0 Å². The molecule has 1 aliphatic heterocycles. The van der Waals surface area contributed by atoms with E-state index in [1.54, 1.807) is 12.1 Å². The predicted octanol–water partition coefficient (Wildman–Crippen LogP) is 3.72. The van der Waals surface area contributed by atoms with Crippen molar-refractivity contribution in [1.29, 1.82) is 0 Å². The second-order valence-electron chi connectivity index (χ2n) is 6.48. The highest BCUT2D eigenvalue weighted by atomic mass is 16.2. The molecule has 1 amide bonds. The molecule has 2 aromatic rings. The van der Waals surface area contributed by atoms with Gasteiger partial charge in [-0.15, -0.1) is 0 Å². The van der Waals surface area contributed by atoms with Crippen LogP contribution < -0.4 is 0 Å². The standard InChI is InChI=1S/C20H20N2O/c1-22-19(23)20(13-7-8-14-20)17-12-6-5-11-16(17)18(21-22)15-9-3-2-4-10-15/h2-6,9-12H,7-8,13-14H2,1H3. The Hall–Kier alpha value is -2.42. The van der Waals surface area contributed by atoms with Gasteiger partial charge in [0.25, 0.3) is 5.91 Å². The lowest BCUT2D eigenvalue weighted by Crippen LogP contribution is -2.40. The summed E-state index contributed by atoms with van der Waals surface area (Å²) in [5.74, 6) is 0.133. The molecule has 1 saturated carbocycles. The van der Waals surface area contributed by atoms with Crippen LogP contribution in [0, 0.1) is 0 Å². The Labute approximate surface area is 136 Å². The normalized spacial score (nSPS) is 19.4. The largest absolute Gasteiger partial charge is 0.272 e. The molecule has 23 heavy (non-hydrogen) atoms. The fraction of sp³-hybridized carbons (Fsp3) is 0.300. The van der Waals surface area contributed by atoms with Crippen molar-refractivity contribution in [2.45, 2.75) is 31.1 Å². The van der Waals surface area contributed by atoms with Gasteiger partial charge in [-0.05, 0) is 18.4 Å². The third kappa shape index (κ3) is 2.11. The van der Waals surface area contributed by atoms with Crippen molar-refractivity contribution in [3.8, 4) is 0 Å². The van der Waals surface area contributed by atoms with Gasteiger partial charge in [-0.25, -0.2) is 5.01 Å². The smallest absolute Gasteiger partial charge is 0.253 e. The van der Waals surface area contributed by atoms with Crippen molar-refractivity contribution in [3.05, 3.63) is 71.3 Å². The summed E-state index contributed by atoms with van der Waals surface area (Å²) in [6.07, 6.45) is 4.05. The van der Waals surface area contributed by atoms with Crippen LogP contribution in [-0.4, -0.2) is 23.7 Å². The molecule has 116 valence electrons. The number of rotatable bonds is 1. The van der Waals surface area contributed by atoms with Crippen LogP contribution in [0.15, 0.2) is 59.7 Å². The van der Waals surface area contributed by atoms with E-state index in [2.05, 4.69) is 29.4 Å². The van der Waals surface area contributed by atoms with E-state index in [9.17, 15) is 4.79 Å². The topological polar surface area (TPSA) is 32.7 Å². The van der Waals surface area contributed by atoms with Crippen LogP contribution in [0.25, 0.3) is 0 Å². The minimum Gasteiger partial charge on any atom is -0.272 e. The number of hydrazone groups is 1. The average molecular weight is 304 g/mol. The van der Waals surface area contributed by atoms with Crippen molar-refractivity contribution < 1.29 is 4.79 Å². The molecule has 0 aromatic heterocycles. The SMILES string of the molecule is CN1N=C(c2ccccc2)c2ccccc2C2(CCCC2)C1=O. The second-order valence-corrected chi connectivity index (χ2v) is 6.48. The number of nitrogens with zero attached hydrogens (tertiary/aromatic N) is 2. The van der Waals surface area contributed by atoms with E-state index in [-0.39, 0.29) is 5.91 Å². The van der Waals surface area contributed by atoms with Crippen molar-refractivity contribution in [1.82, 2.24) is 5.01 Å². The van der Waals surface area contributed by atoms with Crippen LogP contribution in [0.5, 0.6) is 0 Å². The molecule has 0 unspecified atom stereocenters. The molecule has 3 heteroatoms. The first-order chi connectivity index (χ1) is 11.2. The first-order valence-corrected chi connectivity index (χ1v) is 8.24. The van der Waals surface area contributed by atoms with Gasteiger partial charge in [0.1, 0.15) is 0 Å². The Bertz CT molecular complexity index is 773. The Kier molecular flexibility index (Phi) is 3.29. The zero-order valence-corrected chi connectivity index (χ0v) is 13.3. The van der Waals surface area contributed by atoms with E-state index < -0.39 is 5.41 Å². The lowest BCUT2D eigenvalue weighted by atomic mass is 9.75. The van der Waals surface area contributed by atoms with E-state index in [1.165, 1.54) is 0 Å². The molecule has 2 aliphatic rings. The van der Waals surface area contributed by atoms with Crippen molar-refractivity contribution in [2.75, 3.05) is 7.05 Å². The lowest BCUT2D eigenvalue weighted by Gasteiger charge is -2.29. The minimum absolute atomic E-state index is 0.133. The molecule has 2 aromatic carbocycles. The Morgan fingerprint density at radius 3 is 2.35 bits per heavy atom. The molecule has 0 bridgehead atoms. The Balaban J connectivity index is 1.98. The van der Waals surface area contributed by atoms with Gasteiger partial charge in [0.05, 0.1) is 11.1 Å². The number of likely N-dealkylation sites (N-methyl/N-ethyl adjacent to an activating group) is 1. The van der Waals surface area contributed by atoms with Crippen LogP contribution in [-0.2, 0) is 10.2 Å². The second kappa shape index (κ2) is 5.34. The maximum Gasteiger partial charge on any atom is 0.253 e. The molecule has 1 aliphatic carbocycles. The zero-order valence-electron chi connectivity index (χ0n) is 13.3. The van der Waals surface area contributed by atoms with Crippen molar-refractivity contribution >= 4 is 11.6 Å². The molecule has 4 rings (SSSR count). The molecule has 0 saturated heterocycles. The highest BCUT2D eigenvalue weighted by Crippen LogP contribution is 2.45. The Morgan fingerprint density at radius 1 is 0.957 bits per heavy atom. The monoisotopic (exact) mass is 304 g/mol. The molecule has 0 atom stereocenters. The minimum atomic E-state index is -0.397. The summed E-state index contributed by atoms with van der Waals surface area (Å²) in [4.78, 5) is 13.1. The zero-order chi connectivity index (χ0) is 15.9. The molecular weight excluding hydrogens is 284 g/mol. The maximum atomic E-state index is 13.1. The molecule has 0 N–H and O–H groups in total. The van der Waals surface area contributed by atoms with Crippen molar-refractivity contribution in [2.24, 2.45) is 5.10 Å². The van der Waals surface area contributed by atoms with Crippen LogP contribution in [0.3, 0.4) is 0 Å². The average Bonchev–Trinajstić information content (AvgIpc) is 3.07. The van der Waals surface area contributed by atoms with E-state index in [1.807, 2.05) is 30.3 Å². The maximum absolute atomic E-state index is 13.1. The fourth-order valence-corrected chi connectivity index (χ4v) is 4.05. The number of carbonyl (C=O) groups is 1. The van der Waals surface area contributed by atoms with E-state index in [0.29, 0.717) is 0 Å². The first-order valence-electron chi connectivity index (χ1n) is 8.24. The molecular formula is C20H20N2O. The highest BCUT2D eigenvalue weighted by molar-refractivity contribution is 6.16. The van der Waals surface area contributed by atoms with Gasteiger partial charge in [0.2, 0.25) is 0 Å². The van der Waals surface area contributed by atoms with Crippen LogP contribution in [0.1, 0.15) is 42.4 Å². The summed E-state index contributed by atoms with van der Waals surface area (Å²) in [7, 11) is 1.79. The van der Waals surface area contributed by atoms with E-state index in [0.717, 1.165) is 48.1 Å². The summed E-state index contributed by atoms with van der Waals surface area (Å²) in [5, 5.41) is 6.25. The number of benzene rings is 2. The van der Waals surface area contributed by atoms with Crippen LogP contribution >= 0.6 is 0 Å². The third-order valence-electron chi connectivity index (χ3n) is 5.16. The number of fused-ring (bicyclic) bond motifs is 2. The Morgan fingerprint density at radius 2 is 1.61 bits per heavy atom. The highest BCUT2D eigenvalue weighted by Gasteiger charge is 2.47. The molecule has 0 radical (unpaired) electrons. The number of carbonyl (C=O) groups excluding carboxylic acids is 1.